The van der Waals surface area contributed by atoms with Crippen LogP contribution in [0.2, 0.25) is 18.1 Å². The zero-order valence-electron chi connectivity index (χ0n) is 16.7. The Morgan fingerprint density at radius 1 is 1.22 bits per heavy atom. The van der Waals surface area contributed by atoms with E-state index >= 15 is 0 Å². The van der Waals surface area contributed by atoms with Gasteiger partial charge in [0.05, 0.1) is 12.2 Å². The molecule has 1 heterocycles. The lowest BCUT2D eigenvalue weighted by molar-refractivity contribution is -0.0806. The van der Waals surface area contributed by atoms with Gasteiger partial charge in [0.25, 0.3) is 0 Å². The van der Waals surface area contributed by atoms with Crippen molar-refractivity contribution < 1.29 is 9.53 Å². The predicted molar refractivity (Wildman–Crippen MR) is 100 cm³/mol. The maximum atomic E-state index is 10.2. The van der Waals surface area contributed by atoms with E-state index in [2.05, 4.69) is 59.7 Å². The molecule has 0 bridgehead atoms. The molecule has 0 spiro atoms. The van der Waals surface area contributed by atoms with Crippen LogP contribution in [0, 0.1) is 11.3 Å². The van der Waals surface area contributed by atoms with Crippen LogP contribution >= 0.6 is 0 Å². The first-order valence-electron chi connectivity index (χ1n) is 9.36. The highest BCUT2D eigenvalue weighted by molar-refractivity contribution is 6.74. The molecule has 23 heavy (non-hydrogen) atoms. The van der Waals surface area contributed by atoms with Gasteiger partial charge in [-0.2, -0.15) is 0 Å². The smallest absolute Gasteiger partial charge is 0.192 e. The third kappa shape index (κ3) is 3.56. The molecule has 1 saturated heterocycles. The van der Waals surface area contributed by atoms with E-state index in [9.17, 15) is 5.11 Å². The van der Waals surface area contributed by atoms with Crippen molar-refractivity contribution in [1.29, 1.82) is 0 Å². The molecule has 1 aliphatic heterocycles. The molecule has 0 aromatic rings. The molecule has 4 heteroatoms. The molecule has 136 valence electrons. The average Bonchev–Trinajstić information content (AvgIpc) is 2.81. The average molecular weight is 342 g/mol. The monoisotopic (exact) mass is 341 g/mol. The fraction of sp³-hybridized carbons (Fsp3) is 1.00. The van der Waals surface area contributed by atoms with Crippen LogP contribution in [0.25, 0.3) is 0 Å². The lowest BCUT2D eigenvalue weighted by atomic mass is 9.68. The summed E-state index contributed by atoms with van der Waals surface area (Å²) in [6, 6.07) is 0.562. The lowest BCUT2D eigenvalue weighted by Crippen LogP contribution is -2.59. The number of likely N-dealkylation sites (tertiary alicyclic amines) is 1. The minimum atomic E-state index is -1.80. The number of piperidine rings is 1. The van der Waals surface area contributed by atoms with Gasteiger partial charge in [-0.1, -0.05) is 27.2 Å². The van der Waals surface area contributed by atoms with Gasteiger partial charge in [0, 0.05) is 18.0 Å². The maximum absolute atomic E-state index is 10.2. The summed E-state index contributed by atoms with van der Waals surface area (Å²) in [6.45, 7) is 17.6. The number of aliphatic hydroxyl groups is 1. The highest BCUT2D eigenvalue weighted by Crippen LogP contribution is 2.52. The van der Waals surface area contributed by atoms with E-state index in [0.717, 1.165) is 13.0 Å². The van der Waals surface area contributed by atoms with Crippen LogP contribution in [0.15, 0.2) is 0 Å². The van der Waals surface area contributed by atoms with Crippen LogP contribution < -0.4 is 0 Å². The maximum Gasteiger partial charge on any atom is 0.192 e. The quantitative estimate of drug-likeness (QED) is 0.775. The van der Waals surface area contributed by atoms with E-state index in [1.54, 1.807) is 0 Å². The molecular weight excluding hydrogens is 302 g/mol. The molecule has 2 fully saturated rings. The van der Waals surface area contributed by atoms with Crippen LogP contribution in [0.3, 0.4) is 0 Å². The SMILES string of the molecule is CN1CC(C(C)(C)O[Si](C)(C)C(C)(C)C)C[C@@]2(CO)CCC[C@@H]12. The van der Waals surface area contributed by atoms with Crippen molar-refractivity contribution in [2.24, 2.45) is 11.3 Å². The van der Waals surface area contributed by atoms with Crippen LogP contribution in [0.4, 0.5) is 0 Å². The van der Waals surface area contributed by atoms with Gasteiger partial charge in [-0.05, 0) is 64.2 Å². The number of aliphatic hydroxyl groups excluding tert-OH is 1. The summed E-state index contributed by atoms with van der Waals surface area (Å²) >= 11 is 0. The third-order valence-corrected chi connectivity index (χ3v) is 11.8. The lowest BCUT2D eigenvalue weighted by Gasteiger charge is -2.54. The zero-order chi connectivity index (χ0) is 17.7. The molecule has 2 rings (SSSR count). The van der Waals surface area contributed by atoms with Gasteiger partial charge in [0.2, 0.25) is 0 Å². The van der Waals surface area contributed by atoms with Crippen molar-refractivity contribution in [3.8, 4) is 0 Å². The van der Waals surface area contributed by atoms with Crippen molar-refractivity contribution in [2.75, 3.05) is 20.2 Å². The molecule has 1 saturated carbocycles. The Bertz CT molecular complexity index is 430. The highest BCUT2D eigenvalue weighted by atomic mass is 28.4. The van der Waals surface area contributed by atoms with Gasteiger partial charge < -0.3 is 14.4 Å². The van der Waals surface area contributed by atoms with Crippen molar-refractivity contribution in [2.45, 2.75) is 90.1 Å². The summed E-state index contributed by atoms with van der Waals surface area (Å²) in [4.78, 5) is 2.51. The number of fused-ring (bicyclic) bond motifs is 1. The van der Waals surface area contributed by atoms with Crippen molar-refractivity contribution in [1.82, 2.24) is 4.90 Å². The van der Waals surface area contributed by atoms with Crippen LogP contribution in [-0.4, -0.2) is 50.2 Å². The molecule has 3 nitrogen and oxygen atoms in total. The Kier molecular flexibility index (Phi) is 5.17. The second kappa shape index (κ2) is 6.12. The first-order valence-corrected chi connectivity index (χ1v) is 12.3. The molecule has 2 aliphatic rings. The molecule has 0 aromatic heterocycles. The molecule has 0 amide bonds. The fourth-order valence-electron chi connectivity index (χ4n) is 4.69. The number of hydrogen-bond donors (Lipinski definition) is 1. The topological polar surface area (TPSA) is 32.7 Å². The van der Waals surface area contributed by atoms with Crippen LogP contribution in [0.1, 0.15) is 60.3 Å². The molecule has 0 aromatic carbocycles. The van der Waals surface area contributed by atoms with Gasteiger partial charge in [0.15, 0.2) is 8.32 Å². The fourth-order valence-corrected chi connectivity index (χ4v) is 6.47. The minimum Gasteiger partial charge on any atom is -0.412 e. The molecule has 1 aliphatic carbocycles. The number of rotatable bonds is 4. The van der Waals surface area contributed by atoms with Crippen molar-refractivity contribution in [3.63, 3.8) is 0 Å². The van der Waals surface area contributed by atoms with E-state index in [0.29, 0.717) is 18.6 Å². The molecule has 3 atom stereocenters. The van der Waals surface area contributed by atoms with Crippen molar-refractivity contribution in [3.05, 3.63) is 0 Å². The van der Waals surface area contributed by atoms with Crippen LogP contribution in [-0.2, 0) is 4.43 Å². The van der Waals surface area contributed by atoms with E-state index < -0.39 is 8.32 Å². The van der Waals surface area contributed by atoms with E-state index in [1.165, 1.54) is 19.3 Å². The van der Waals surface area contributed by atoms with Gasteiger partial charge in [-0.3, -0.25) is 0 Å². The van der Waals surface area contributed by atoms with E-state index in [4.69, 9.17) is 4.43 Å². The number of nitrogens with zero attached hydrogens (tertiary/aromatic N) is 1. The Labute approximate surface area is 144 Å². The Balaban J connectivity index is 2.20. The molecule has 1 unspecified atom stereocenters. The zero-order valence-corrected chi connectivity index (χ0v) is 17.7. The second-order valence-corrected chi connectivity index (χ2v) is 15.0. The predicted octanol–water partition coefficient (Wildman–Crippen LogP) is 4.27. The van der Waals surface area contributed by atoms with Gasteiger partial charge in [0.1, 0.15) is 0 Å². The summed E-state index contributed by atoms with van der Waals surface area (Å²) in [5, 5.41) is 10.4. The summed E-state index contributed by atoms with van der Waals surface area (Å²) in [5.74, 6) is 0.489. The summed E-state index contributed by atoms with van der Waals surface area (Å²) < 4.78 is 6.85. The normalized spacial score (nSPS) is 33.8. The highest BCUT2D eigenvalue weighted by Gasteiger charge is 2.53. The summed E-state index contributed by atoms with van der Waals surface area (Å²) in [7, 11) is 0.450. The second-order valence-electron chi connectivity index (χ2n) is 10.2. The third-order valence-electron chi connectivity index (χ3n) is 7.17. The Hall–Kier alpha value is 0.0969. The first-order chi connectivity index (χ1) is 10.3. The summed E-state index contributed by atoms with van der Waals surface area (Å²) in [6.07, 6.45) is 4.78. The van der Waals surface area contributed by atoms with Gasteiger partial charge in [-0.25, -0.2) is 0 Å². The minimum absolute atomic E-state index is 0.103. The van der Waals surface area contributed by atoms with Crippen molar-refractivity contribution >= 4 is 8.32 Å². The molecule has 1 N–H and O–H groups in total. The van der Waals surface area contributed by atoms with Crippen LogP contribution in [0.5, 0.6) is 0 Å². The summed E-state index contributed by atoms with van der Waals surface area (Å²) in [5.41, 5.74) is -0.0290. The number of hydrogen-bond acceptors (Lipinski definition) is 3. The van der Waals surface area contributed by atoms with Gasteiger partial charge >= 0.3 is 0 Å². The Morgan fingerprint density at radius 3 is 2.35 bits per heavy atom. The van der Waals surface area contributed by atoms with Gasteiger partial charge in [-0.15, -0.1) is 0 Å². The Morgan fingerprint density at radius 2 is 1.83 bits per heavy atom. The largest absolute Gasteiger partial charge is 0.412 e. The standard InChI is InChI=1S/C19H39NO2Si/c1-17(2,3)23(7,8)22-18(4,5)15-12-19(14-21)11-9-10-16(19)20(6)13-15/h15-16,21H,9-14H2,1-8H3/t15?,16-,19-/m1/s1. The molecular formula is C19H39NO2Si. The van der Waals surface area contributed by atoms with E-state index in [-0.39, 0.29) is 16.1 Å². The first kappa shape index (κ1) is 19.4. The molecule has 0 radical (unpaired) electrons. The van der Waals surface area contributed by atoms with E-state index in [1.807, 2.05) is 0 Å².